The molecule has 1 fully saturated rings. The van der Waals surface area contributed by atoms with Gasteiger partial charge >= 0.3 is 5.97 Å². The summed E-state index contributed by atoms with van der Waals surface area (Å²) in [6, 6.07) is 1.93. The minimum Gasteiger partial charge on any atom is -0.481 e. The van der Waals surface area contributed by atoms with Crippen molar-refractivity contribution in [3.8, 4) is 0 Å². The molecule has 15 heavy (non-hydrogen) atoms. The Bertz CT molecular complexity index is 350. The minimum absolute atomic E-state index is 0.298. The smallest absolute Gasteiger partial charge is 0.311 e. The fourth-order valence-corrected chi connectivity index (χ4v) is 2.62. The van der Waals surface area contributed by atoms with Crippen LogP contribution in [0.5, 0.6) is 0 Å². The molecule has 0 spiro atoms. The van der Waals surface area contributed by atoms with Gasteiger partial charge in [-0.2, -0.15) is 0 Å². The van der Waals surface area contributed by atoms with Crippen LogP contribution in [-0.4, -0.2) is 15.6 Å². The lowest BCUT2D eigenvalue weighted by molar-refractivity contribution is -0.140. The Morgan fingerprint density at radius 1 is 1.53 bits per heavy atom. The summed E-state index contributed by atoms with van der Waals surface area (Å²) in [5.74, 6) is -0.633. The van der Waals surface area contributed by atoms with Crippen molar-refractivity contribution < 1.29 is 9.90 Å². The molecule has 0 saturated heterocycles. The van der Waals surface area contributed by atoms with E-state index in [1.54, 1.807) is 0 Å². The molecule has 1 unspecified atom stereocenters. The second-order valence-electron chi connectivity index (χ2n) is 4.47. The molecular weight excluding hydrogens is 190 g/mol. The number of hydrogen-bond acceptors (Lipinski definition) is 1. The van der Waals surface area contributed by atoms with Crippen molar-refractivity contribution in [3.63, 3.8) is 0 Å². The summed E-state index contributed by atoms with van der Waals surface area (Å²) < 4.78 is 1.92. The molecule has 1 aromatic rings. The van der Waals surface area contributed by atoms with Gasteiger partial charge in [0.25, 0.3) is 0 Å². The molecule has 3 heteroatoms. The van der Waals surface area contributed by atoms with Gasteiger partial charge in [0.2, 0.25) is 0 Å². The molecule has 1 aromatic heterocycles. The van der Waals surface area contributed by atoms with Crippen LogP contribution in [0.4, 0.5) is 0 Å². The highest BCUT2D eigenvalue weighted by molar-refractivity contribution is 5.76. The van der Waals surface area contributed by atoms with Gasteiger partial charge in [-0.25, -0.2) is 0 Å². The zero-order valence-electron chi connectivity index (χ0n) is 9.02. The van der Waals surface area contributed by atoms with Crippen LogP contribution < -0.4 is 0 Å². The maximum atomic E-state index is 11.3. The van der Waals surface area contributed by atoms with E-state index in [0.717, 1.165) is 18.4 Å². The third kappa shape index (κ3) is 2.06. The van der Waals surface area contributed by atoms with Crippen LogP contribution in [0.25, 0.3) is 0 Å². The van der Waals surface area contributed by atoms with Crippen LogP contribution in [0.2, 0.25) is 0 Å². The van der Waals surface area contributed by atoms with Crippen LogP contribution in [-0.2, 0) is 11.8 Å². The van der Waals surface area contributed by atoms with Crippen molar-refractivity contribution in [3.05, 3.63) is 24.0 Å². The second-order valence-corrected chi connectivity index (χ2v) is 4.47. The van der Waals surface area contributed by atoms with Gasteiger partial charge in [0.05, 0.1) is 5.92 Å². The molecule has 1 aliphatic rings. The Labute approximate surface area is 89.7 Å². The zero-order chi connectivity index (χ0) is 10.8. The Morgan fingerprint density at radius 2 is 2.20 bits per heavy atom. The molecular formula is C12H17NO2. The average Bonchev–Trinajstić information content (AvgIpc) is 2.77. The number of carbonyl (C=O) groups is 1. The molecule has 2 rings (SSSR count). The van der Waals surface area contributed by atoms with Crippen LogP contribution >= 0.6 is 0 Å². The van der Waals surface area contributed by atoms with Crippen LogP contribution in [0.15, 0.2) is 18.5 Å². The van der Waals surface area contributed by atoms with E-state index >= 15 is 0 Å². The summed E-state index contributed by atoms with van der Waals surface area (Å²) in [6.45, 7) is 0. The van der Waals surface area contributed by atoms with E-state index < -0.39 is 5.97 Å². The molecule has 1 aliphatic carbocycles. The summed E-state index contributed by atoms with van der Waals surface area (Å²) in [7, 11) is 1.93. The highest BCUT2D eigenvalue weighted by Gasteiger charge is 2.32. The van der Waals surface area contributed by atoms with E-state index in [1.807, 2.05) is 30.1 Å². The topological polar surface area (TPSA) is 42.2 Å². The molecule has 0 aliphatic heterocycles. The van der Waals surface area contributed by atoms with E-state index in [-0.39, 0.29) is 5.92 Å². The number of hydrogen-bond donors (Lipinski definition) is 1. The highest BCUT2D eigenvalue weighted by Crippen LogP contribution is 2.37. The summed E-state index contributed by atoms with van der Waals surface area (Å²) in [6.07, 6.45) is 8.33. The number of carboxylic acid groups (broad SMARTS) is 1. The van der Waals surface area contributed by atoms with E-state index in [9.17, 15) is 9.90 Å². The first kappa shape index (κ1) is 10.3. The number of aryl methyl sites for hydroxylation is 1. The number of aromatic nitrogens is 1. The summed E-state index contributed by atoms with van der Waals surface area (Å²) >= 11 is 0. The lowest BCUT2D eigenvalue weighted by Gasteiger charge is -2.17. The van der Waals surface area contributed by atoms with E-state index in [0.29, 0.717) is 5.92 Å². The van der Waals surface area contributed by atoms with E-state index in [2.05, 4.69) is 0 Å². The zero-order valence-corrected chi connectivity index (χ0v) is 9.02. The van der Waals surface area contributed by atoms with Crippen molar-refractivity contribution >= 4 is 5.97 Å². The normalized spacial score (nSPS) is 19.3. The molecule has 1 atom stereocenters. The van der Waals surface area contributed by atoms with Gasteiger partial charge in [-0.05, 0) is 30.4 Å². The summed E-state index contributed by atoms with van der Waals surface area (Å²) in [4.78, 5) is 11.3. The van der Waals surface area contributed by atoms with Gasteiger partial charge in [0.15, 0.2) is 0 Å². The van der Waals surface area contributed by atoms with Crippen LogP contribution in [0.1, 0.15) is 37.2 Å². The van der Waals surface area contributed by atoms with E-state index in [4.69, 9.17) is 0 Å². The lowest BCUT2D eigenvalue weighted by Crippen LogP contribution is -2.19. The van der Waals surface area contributed by atoms with Crippen molar-refractivity contribution in [1.29, 1.82) is 0 Å². The highest BCUT2D eigenvalue weighted by atomic mass is 16.4. The van der Waals surface area contributed by atoms with Gasteiger partial charge in [0.1, 0.15) is 0 Å². The standard InChI is InChI=1S/C12H17NO2/c1-13-7-6-10(8-13)11(12(14)15)9-4-2-3-5-9/h6-9,11H,2-5H2,1H3,(H,14,15). The average molecular weight is 207 g/mol. The predicted octanol–water partition coefficient (Wildman–Crippen LogP) is 2.38. The molecule has 3 nitrogen and oxygen atoms in total. The SMILES string of the molecule is Cn1ccc(C(C(=O)O)C2CCCC2)c1. The maximum Gasteiger partial charge on any atom is 0.311 e. The number of carboxylic acids is 1. The number of rotatable bonds is 3. The minimum atomic E-state index is -0.673. The van der Waals surface area contributed by atoms with Crippen LogP contribution in [0, 0.1) is 5.92 Å². The summed E-state index contributed by atoms with van der Waals surface area (Å²) in [5.41, 5.74) is 0.955. The molecule has 0 bridgehead atoms. The maximum absolute atomic E-state index is 11.3. The van der Waals surface area contributed by atoms with Crippen molar-refractivity contribution in [1.82, 2.24) is 4.57 Å². The number of aliphatic carboxylic acids is 1. The Morgan fingerprint density at radius 3 is 2.67 bits per heavy atom. The Kier molecular flexibility index (Phi) is 2.80. The van der Waals surface area contributed by atoms with Crippen LogP contribution in [0.3, 0.4) is 0 Å². The fraction of sp³-hybridized carbons (Fsp3) is 0.583. The fourth-order valence-electron chi connectivity index (χ4n) is 2.62. The Balaban J connectivity index is 2.22. The van der Waals surface area contributed by atoms with Crippen molar-refractivity contribution in [2.24, 2.45) is 13.0 Å². The monoisotopic (exact) mass is 207 g/mol. The third-order valence-corrected chi connectivity index (χ3v) is 3.35. The largest absolute Gasteiger partial charge is 0.481 e. The van der Waals surface area contributed by atoms with E-state index in [1.165, 1.54) is 12.8 Å². The first-order valence-corrected chi connectivity index (χ1v) is 5.53. The molecule has 1 heterocycles. The molecule has 1 saturated carbocycles. The predicted molar refractivity (Wildman–Crippen MR) is 57.7 cm³/mol. The van der Waals surface area contributed by atoms with Gasteiger partial charge < -0.3 is 9.67 Å². The lowest BCUT2D eigenvalue weighted by atomic mass is 9.86. The van der Waals surface area contributed by atoms with Crippen molar-refractivity contribution in [2.75, 3.05) is 0 Å². The van der Waals surface area contributed by atoms with Gasteiger partial charge in [-0.15, -0.1) is 0 Å². The molecule has 0 radical (unpaired) electrons. The number of nitrogens with zero attached hydrogens (tertiary/aromatic N) is 1. The molecule has 0 amide bonds. The first-order chi connectivity index (χ1) is 7.18. The second kappa shape index (κ2) is 4.09. The molecule has 0 aromatic carbocycles. The Hall–Kier alpha value is -1.25. The quantitative estimate of drug-likeness (QED) is 0.826. The third-order valence-electron chi connectivity index (χ3n) is 3.35. The van der Waals surface area contributed by atoms with Gasteiger partial charge in [-0.1, -0.05) is 12.8 Å². The van der Waals surface area contributed by atoms with Gasteiger partial charge in [0, 0.05) is 19.4 Å². The molecule has 1 N–H and O–H groups in total. The summed E-state index contributed by atoms with van der Waals surface area (Å²) in [5, 5.41) is 9.29. The van der Waals surface area contributed by atoms with Crippen molar-refractivity contribution in [2.45, 2.75) is 31.6 Å². The van der Waals surface area contributed by atoms with Gasteiger partial charge in [-0.3, -0.25) is 4.79 Å². The molecule has 82 valence electrons. The first-order valence-electron chi connectivity index (χ1n) is 5.53.